The van der Waals surface area contributed by atoms with Crippen molar-refractivity contribution in [1.82, 2.24) is 0 Å². The smallest absolute Gasteiger partial charge is 0.265 e. The maximum atomic E-state index is 12.8. The van der Waals surface area contributed by atoms with Crippen LogP contribution in [0.3, 0.4) is 0 Å². The maximum absolute atomic E-state index is 12.8. The highest BCUT2D eigenvalue weighted by Gasteiger charge is 2.20. The minimum absolute atomic E-state index is 0.0989. The molecule has 0 atom stereocenters. The van der Waals surface area contributed by atoms with E-state index in [4.69, 9.17) is 15.4 Å². The number of hydrogen-bond acceptors (Lipinski definition) is 3. The molecule has 2 aromatic carbocycles. The standard InChI is InChI=1S/C14H11BrClFO3S/c1-9-6-11(15)7-13(21(16,18)19)14(9)20-8-10-2-4-12(17)5-3-10/h2-7H,8H2,1H3. The van der Waals surface area contributed by atoms with E-state index < -0.39 is 9.05 Å². The molecule has 0 aliphatic heterocycles. The predicted octanol–water partition coefficient (Wildman–Crippen LogP) is 4.40. The molecule has 0 saturated heterocycles. The molecule has 0 amide bonds. The minimum Gasteiger partial charge on any atom is -0.487 e. The fourth-order valence-electron chi connectivity index (χ4n) is 1.80. The summed E-state index contributed by atoms with van der Waals surface area (Å²) in [5.41, 5.74) is 1.35. The van der Waals surface area contributed by atoms with Gasteiger partial charge in [0.2, 0.25) is 0 Å². The second-order valence-electron chi connectivity index (χ2n) is 4.40. The van der Waals surface area contributed by atoms with Crippen LogP contribution in [0.15, 0.2) is 45.8 Å². The van der Waals surface area contributed by atoms with Gasteiger partial charge in [0, 0.05) is 15.2 Å². The van der Waals surface area contributed by atoms with Crippen LogP contribution in [0, 0.1) is 12.7 Å². The average molecular weight is 394 g/mol. The molecular weight excluding hydrogens is 383 g/mol. The zero-order valence-electron chi connectivity index (χ0n) is 10.9. The highest BCUT2D eigenvalue weighted by atomic mass is 79.9. The molecule has 0 saturated carbocycles. The molecule has 0 aliphatic carbocycles. The molecule has 3 nitrogen and oxygen atoms in total. The molecule has 0 heterocycles. The van der Waals surface area contributed by atoms with E-state index in [9.17, 15) is 12.8 Å². The fourth-order valence-corrected chi connectivity index (χ4v) is 3.58. The van der Waals surface area contributed by atoms with E-state index in [-0.39, 0.29) is 23.1 Å². The van der Waals surface area contributed by atoms with E-state index in [1.165, 1.54) is 18.2 Å². The van der Waals surface area contributed by atoms with Crippen molar-refractivity contribution in [3.8, 4) is 5.75 Å². The van der Waals surface area contributed by atoms with Crippen LogP contribution in [-0.2, 0) is 15.7 Å². The Morgan fingerprint density at radius 2 is 1.86 bits per heavy atom. The quantitative estimate of drug-likeness (QED) is 0.723. The number of rotatable bonds is 4. The van der Waals surface area contributed by atoms with Crippen LogP contribution in [0.4, 0.5) is 4.39 Å². The summed E-state index contributed by atoms with van der Waals surface area (Å²) in [7, 11) is 1.50. The summed E-state index contributed by atoms with van der Waals surface area (Å²) in [5.74, 6) is -0.153. The normalized spacial score (nSPS) is 11.4. The highest BCUT2D eigenvalue weighted by molar-refractivity contribution is 9.10. The molecule has 7 heteroatoms. The van der Waals surface area contributed by atoms with Crippen LogP contribution in [0.25, 0.3) is 0 Å². The second kappa shape index (κ2) is 6.34. The lowest BCUT2D eigenvalue weighted by molar-refractivity contribution is 0.295. The Hall–Kier alpha value is -1.11. The van der Waals surface area contributed by atoms with Gasteiger partial charge in [-0.15, -0.1) is 0 Å². The van der Waals surface area contributed by atoms with Gasteiger partial charge >= 0.3 is 0 Å². The van der Waals surface area contributed by atoms with Gasteiger partial charge in [-0.3, -0.25) is 0 Å². The Bertz CT molecular complexity index is 761. The average Bonchev–Trinajstić information content (AvgIpc) is 2.38. The van der Waals surface area contributed by atoms with E-state index in [2.05, 4.69) is 15.9 Å². The SMILES string of the molecule is Cc1cc(Br)cc(S(=O)(=O)Cl)c1OCc1ccc(F)cc1. The molecule has 0 spiro atoms. The van der Waals surface area contributed by atoms with Crippen molar-refractivity contribution >= 4 is 35.7 Å². The molecule has 0 bridgehead atoms. The van der Waals surface area contributed by atoms with Crippen LogP contribution in [0.1, 0.15) is 11.1 Å². The summed E-state index contributed by atoms with van der Waals surface area (Å²) in [6.07, 6.45) is 0. The minimum atomic E-state index is -3.93. The third-order valence-corrected chi connectivity index (χ3v) is 4.55. The monoisotopic (exact) mass is 392 g/mol. The largest absolute Gasteiger partial charge is 0.487 e. The van der Waals surface area contributed by atoms with Crippen LogP contribution in [-0.4, -0.2) is 8.42 Å². The van der Waals surface area contributed by atoms with Gasteiger partial charge in [0.25, 0.3) is 9.05 Å². The van der Waals surface area contributed by atoms with Gasteiger partial charge in [-0.1, -0.05) is 28.1 Å². The van der Waals surface area contributed by atoms with Gasteiger partial charge in [-0.25, -0.2) is 12.8 Å². The summed E-state index contributed by atoms with van der Waals surface area (Å²) in [6, 6.07) is 8.87. The zero-order chi connectivity index (χ0) is 15.6. The van der Waals surface area contributed by atoms with Gasteiger partial charge in [0.05, 0.1) is 0 Å². The lowest BCUT2D eigenvalue weighted by atomic mass is 10.2. The molecule has 0 aliphatic rings. The van der Waals surface area contributed by atoms with E-state index in [0.717, 1.165) is 5.56 Å². The lowest BCUT2D eigenvalue weighted by Crippen LogP contribution is -2.03. The summed E-state index contributed by atoms with van der Waals surface area (Å²) in [6.45, 7) is 1.83. The molecule has 21 heavy (non-hydrogen) atoms. The summed E-state index contributed by atoms with van der Waals surface area (Å²) >= 11 is 3.22. The first-order valence-electron chi connectivity index (χ1n) is 5.89. The molecule has 0 aromatic heterocycles. The van der Waals surface area contributed by atoms with Gasteiger partial charge in [-0.05, 0) is 42.3 Å². The van der Waals surface area contributed by atoms with Crippen LogP contribution in [0.2, 0.25) is 0 Å². The van der Waals surface area contributed by atoms with Gasteiger partial charge in [-0.2, -0.15) is 0 Å². The Labute approximate surface area is 135 Å². The molecule has 0 fully saturated rings. The van der Waals surface area contributed by atoms with Crippen molar-refractivity contribution in [2.45, 2.75) is 18.4 Å². The van der Waals surface area contributed by atoms with Gasteiger partial charge in [0.1, 0.15) is 23.1 Å². The number of halogens is 3. The fraction of sp³-hybridized carbons (Fsp3) is 0.143. The predicted molar refractivity (Wildman–Crippen MR) is 82.6 cm³/mol. The first-order valence-corrected chi connectivity index (χ1v) is 8.99. The third-order valence-electron chi connectivity index (χ3n) is 2.76. The lowest BCUT2D eigenvalue weighted by Gasteiger charge is -2.13. The first kappa shape index (κ1) is 16.3. The Kier molecular flexibility index (Phi) is 4.91. The van der Waals surface area contributed by atoms with Crippen LogP contribution >= 0.6 is 26.6 Å². The highest BCUT2D eigenvalue weighted by Crippen LogP contribution is 2.34. The summed E-state index contributed by atoms with van der Waals surface area (Å²) < 4.78 is 42.3. The molecular formula is C14H11BrClFO3S. The Morgan fingerprint density at radius 1 is 1.24 bits per heavy atom. The number of benzene rings is 2. The van der Waals surface area contributed by atoms with Crippen molar-refractivity contribution in [1.29, 1.82) is 0 Å². The molecule has 0 radical (unpaired) electrons. The first-order chi connectivity index (χ1) is 9.77. The van der Waals surface area contributed by atoms with Crippen molar-refractivity contribution in [3.63, 3.8) is 0 Å². The Balaban J connectivity index is 2.33. The number of hydrogen-bond donors (Lipinski definition) is 0. The van der Waals surface area contributed by atoms with E-state index >= 15 is 0 Å². The van der Waals surface area contributed by atoms with E-state index in [1.54, 1.807) is 25.1 Å². The van der Waals surface area contributed by atoms with Crippen molar-refractivity contribution in [2.75, 3.05) is 0 Å². The summed E-state index contributed by atoms with van der Waals surface area (Å²) in [4.78, 5) is -0.0989. The zero-order valence-corrected chi connectivity index (χ0v) is 14.1. The van der Waals surface area contributed by atoms with Crippen molar-refractivity contribution in [3.05, 3.63) is 57.8 Å². The van der Waals surface area contributed by atoms with E-state index in [0.29, 0.717) is 10.0 Å². The van der Waals surface area contributed by atoms with Crippen molar-refractivity contribution < 1.29 is 17.5 Å². The number of aryl methyl sites for hydroxylation is 1. The molecule has 2 aromatic rings. The van der Waals surface area contributed by atoms with Crippen molar-refractivity contribution in [2.24, 2.45) is 0 Å². The maximum Gasteiger partial charge on any atom is 0.265 e. The molecule has 2 rings (SSSR count). The van der Waals surface area contributed by atoms with Crippen LogP contribution < -0.4 is 4.74 Å². The van der Waals surface area contributed by atoms with Gasteiger partial charge < -0.3 is 4.74 Å². The second-order valence-corrected chi connectivity index (χ2v) is 7.85. The van der Waals surface area contributed by atoms with Gasteiger partial charge in [0.15, 0.2) is 0 Å². The Morgan fingerprint density at radius 3 is 2.43 bits per heavy atom. The molecule has 0 N–H and O–H groups in total. The van der Waals surface area contributed by atoms with E-state index in [1.807, 2.05) is 0 Å². The molecule has 112 valence electrons. The summed E-state index contributed by atoms with van der Waals surface area (Å²) in [5, 5.41) is 0. The number of ether oxygens (including phenoxy) is 1. The topological polar surface area (TPSA) is 43.4 Å². The molecule has 0 unspecified atom stereocenters. The third kappa shape index (κ3) is 4.18. The van der Waals surface area contributed by atoms with Crippen LogP contribution in [0.5, 0.6) is 5.75 Å².